The van der Waals surface area contributed by atoms with Crippen LogP contribution in [0.15, 0.2) is 11.6 Å². The topological polar surface area (TPSA) is 115 Å². The summed E-state index contributed by atoms with van der Waals surface area (Å²) in [5, 5.41) is 42.8. The van der Waals surface area contributed by atoms with Crippen LogP contribution in [0.25, 0.3) is 0 Å². The number of aliphatic hydroxyl groups excluding tert-OH is 2. The Morgan fingerprint density at radius 3 is 2.61 bits per heavy atom. The van der Waals surface area contributed by atoms with E-state index in [1.54, 1.807) is 6.08 Å². The molecule has 3 saturated carbocycles. The molecule has 0 amide bonds. The number of carboxylic acid groups (broad SMARTS) is 1. The minimum Gasteiger partial charge on any atom is -0.481 e. The summed E-state index contributed by atoms with van der Waals surface area (Å²) < 4.78 is 0. The van der Waals surface area contributed by atoms with Crippen molar-refractivity contribution in [3.63, 3.8) is 0 Å². The third-order valence-electron chi connectivity index (χ3n) is 9.00. The van der Waals surface area contributed by atoms with Crippen molar-refractivity contribution < 1.29 is 30.0 Å². The molecule has 4 aliphatic carbocycles. The summed E-state index contributed by atoms with van der Waals surface area (Å²) in [6, 6.07) is 0. The fourth-order valence-electron chi connectivity index (χ4n) is 7.46. The summed E-state index contributed by atoms with van der Waals surface area (Å²) in [6.45, 7) is 4.09. The number of rotatable bonds is 3. The van der Waals surface area contributed by atoms with Gasteiger partial charge in [-0.2, -0.15) is 0 Å². The van der Waals surface area contributed by atoms with Gasteiger partial charge in [0.25, 0.3) is 0 Å². The van der Waals surface area contributed by atoms with Crippen molar-refractivity contribution >= 4 is 11.8 Å². The normalized spacial score (nSPS) is 50.4. The summed E-state index contributed by atoms with van der Waals surface area (Å²) in [6.07, 6.45) is 3.63. The van der Waals surface area contributed by atoms with Crippen LogP contribution in [0.2, 0.25) is 0 Å². The van der Waals surface area contributed by atoms with Gasteiger partial charge in [0.15, 0.2) is 5.78 Å². The molecule has 6 nitrogen and oxygen atoms in total. The van der Waals surface area contributed by atoms with Crippen molar-refractivity contribution in [3.8, 4) is 0 Å². The predicted octanol–water partition coefficient (Wildman–Crippen LogP) is 2.06. The van der Waals surface area contributed by atoms with Crippen LogP contribution in [-0.2, 0) is 9.59 Å². The van der Waals surface area contributed by atoms with E-state index in [0.717, 1.165) is 12.0 Å². The van der Waals surface area contributed by atoms with E-state index >= 15 is 0 Å². The van der Waals surface area contributed by atoms with Crippen LogP contribution in [0, 0.1) is 28.6 Å². The summed E-state index contributed by atoms with van der Waals surface area (Å²) in [4.78, 5) is 23.1. The van der Waals surface area contributed by atoms with Crippen molar-refractivity contribution in [1.29, 1.82) is 0 Å². The Labute approximate surface area is 165 Å². The average Bonchev–Trinajstić information content (AvgIpc) is 2.86. The number of carbonyl (C=O) groups is 2. The second-order valence-electron chi connectivity index (χ2n) is 10.2. The molecule has 4 N–H and O–H groups in total. The highest BCUT2D eigenvalue weighted by molar-refractivity contribution is 5.91. The Morgan fingerprint density at radius 2 is 1.93 bits per heavy atom. The molecule has 0 radical (unpaired) electrons. The van der Waals surface area contributed by atoms with Gasteiger partial charge in [0, 0.05) is 18.3 Å². The van der Waals surface area contributed by atoms with E-state index in [1.165, 1.54) is 0 Å². The maximum Gasteiger partial charge on any atom is 0.303 e. The van der Waals surface area contributed by atoms with Gasteiger partial charge in [0.2, 0.25) is 0 Å². The molecule has 4 aliphatic rings. The number of aliphatic carboxylic acids is 1. The second kappa shape index (κ2) is 6.38. The number of carbonyl (C=O) groups excluding carboxylic acids is 1. The standard InChI is InChI=1S/C22H32O6/c1-20-6-3-13(23)9-12(20)10-15(24)18-14-4-7-22(28,8-5-17(26)27)21(14,2)11-16(25)19(18)20/h9,14-16,18-19,24-25,28H,3-8,10-11H2,1-2H3,(H,26,27)/t14-,15?,16?,18+,19-,20-,21-,22-/m0/s1. The van der Waals surface area contributed by atoms with Gasteiger partial charge in [-0.1, -0.05) is 19.4 Å². The van der Waals surface area contributed by atoms with Crippen LogP contribution < -0.4 is 0 Å². The third-order valence-corrected chi connectivity index (χ3v) is 9.00. The van der Waals surface area contributed by atoms with E-state index in [-0.39, 0.29) is 41.8 Å². The Morgan fingerprint density at radius 1 is 1.21 bits per heavy atom. The van der Waals surface area contributed by atoms with Gasteiger partial charge in [0.1, 0.15) is 0 Å². The van der Waals surface area contributed by atoms with E-state index in [1.807, 2.05) is 6.92 Å². The minimum atomic E-state index is -1.14. The monoisotopic (exact) mass is 392 g/mol. The van der Waals surface area contributed by atoms with E-state index < -0.39 is 29.2 Å². The average molecular weight is 392 g/mol. The molecule has 28 heavy (non-hydrogen) atoms. The molecule has 0 saturated heterocycles. The van der Waals surface area contributed by atoms with Crippen LogP contribution >= 0.6 is 0 Å². The van der Waals surface area contributed by atoms with Gasteiger partial charge in [-0.25, -0.2) is 0 Å². The van der Waals surface area contributed by atoms with Gasteiger partial charge in [-0.15, -0.1) is 0 Å². The highest BCUT2D eigenvalue weighted by atomic mass is 16.4. The molecule has 0 spiro atoms. The molecule has 2 unspecified atom stereocenters. The van der Waals surface area contributed by atoms with Crippen LogP contribution in [0.1, 0.15) is 65.2 Å². The first-order valence-corrected chi connectivity index (χ1v) is 10.6. The lowest BCUT2D eigenvalue weighted by Gasteiger charge is -2.62. The quantitative estimate of drug-likeness (QED) is 0.584. The van der Waals surface area contributed by atoms with Crippen LogP contribution in [0.3, 0.4) is 0 Å². The fraction of sp³-hybridized carbons (Fsp3) is 0.818. The summed E-state index contributed by atoms with van der Waals surface area (Å²) in [5.41, 5.74) is -1.10. The van der Waals surface area contributed by atoms with Crippen molar-refractivity contribution in [2.24, 2.45) is 28.6 Å². The molecule has 0 aromatic carbocycles. The van der Waals surface area contributed by atoms with Gasteiger partial charge in [-0.3, -0.25) is 9.59 Å². The highest BCUT2D eigenvalue weighted by Gasteiger charge is 2.67. The molecule has 4 rings (SSSR count). The summed E-state index contributed by atoms with van der Waals surface area (Å²) in [5.74, 6) is -1.09. The summed E-state index contributed by atoms with van der Waals surface area (Å²) in [7, 11) is 0. The smallest absolute Gasteiger partial charge is 0.303 e. The fourth-order valence-corrected chi connectivity index (χ4v) is 7.46. The van der Waals surface area contributed by atoms with Gasteiger partial charge in [-0.05, 0) is 67.8 Å². The molecule has 0 aromatic rings. The zero-order valence-corrected chi connectivity index (χ0v) is 16.7. The van der Waals surface area contributed by atoms with E-state index in [0.29, 0.717) is 32.1 Å². The van der Waals surface area contributed by atoms with Gasteiger partial charge < -0.3 is 20.4 Å². The lowest BCUT2D eigenvalue weighted by molar-refractivity contribution is -0.195. The first-order chi connectivity index (χ1) is 13.0. The number of hydrogen-bond acceptors (Lipinski definition) is 5. The Hall–Kier alpha value is -1.24. The predicted molar refractivity (Wildman–Crippen MR) is 101 cm³/mol. The van der Waals surface area contributed by atoms with Crippen LogP contribution in [0.5, 0.6) is 0 Å². The summed E-state index contributed by atoms with van der Waals surface area (Å²) >= 11 is 0. The van der Waals surface area contributed by atoms with Crippen molar-refractivity contribution in [1.82, 2.24) is 0 Å². The number of aliphatic hydroxyl groups is 3. The van der Waals surface area contributed by atoms with Gasteiger partial charge in [0.05, 0.1) is 17.8 Å². The van der Waals surface area contributed by atoms with Crippen molar-refractivity contribution in [2.45, 2.75) is 83.0 Å². The maximum absolute atomic E-state index is 12.0. The molecule has 6 heteroatoms. The number of hydrogen-bond donors (Lipinski definition) is 4. The van der Waals surface area contributed by atoms with Gasteiger partial charge >= 0.3 is 5.97 Å². The Kier molecular flexibility index (Phi) is 4.57. The minimum absolute atomic E-state index is 0.0331. The van der Waals surface area contributed by atoms with Crippen molar-refractivity contribution in [2.75, 3.05) is 0 Å². The lowest BCUT2D eigenvalue weighted by Crippen LogP contribution is -2.62. The zero-order valence-electron chi connectivity index (χ0n) is 16.7. The molecule has 156 valence electrons. The van der Waals surface area contributed by atoms with E-state index in [9.17, 15) is 24.9 Å². The molecule has 0 aromatic heterocycles. The molecule has 3 fully saturated rings. The van der Waals surface area contributed by atoms with E-state index in [4.69, 9.17) is 5.11 Å². The molecular formula is C22H32O6. The van der Waals surface area contributed by atoms with Crippen LogP contribution in [-0.4, -0.2) is 50.0 Å². The maximum atomic E-state index is 12.0. The highest BCUT2D eigenvalue weighted by Crippen LogP contribution is 2.68. The molecule has 0 aliphatic heterocycles. The Balaban J connectivity index is 1.71. The van der Waals surface area contributed by atoms with Crippen LogP contribution in [0.4, 0.5) is 0 Å². The zero-order chi connectivity index (χ0) is 20.5. The Bertz CT molecular complexity index is 731. The first kappa shape index (κ1) is 20.0. The van der Waals surface area contributed by atoms with Crippen molar-refractivity contribution in [3.05, 3.63) is 11.6 Å². The SMILES string of the molecule is C[C@]12CCC(=O)C=C1CC(O)[C@@H]1[C@@H]2C(O)C[C@@]2(C)[C@H]1CC[C@]2(O)CCC(=O)O. The lowest BCUT2D eigenvalue weighted by atomic mass is 9.44. The molecule has 8 atom stereocenters. The first-order valence-electron chi connectivity index (χ1n) is 10.6. The number of ketones is 1. The molecule has 0 bridgehead atoms. The second-order valence-corrected chi connectivity index (χ2v) is 10.2. The number of fused-ring (bicyclic) bond motifs is 5. The largest absolute Gasteiger partial charge is 0.481 e. The number of carboxylic acids is 1. The van der Waals surface area contributed by atoms with E-state index in [2.05, 4.69) is 6.92 Å². The third kappa shape index (κ3) is 2.64. The molecule has 0 heterocycles. The molecular weight excluding hydrogens is 360 g/mol.